The summed E-state index contributed by atoms with van der Waals surface area (Å²) >= 11 is 0. The maximum absolute atomic E-state index is 12.8. The molecule has 0 bridgehead atoms. The van der Waals surface area contributed by atoms with E-state index in [0.717, 1.165) is 19.6 Å². The number of carbonyl (C=O) groups is 2. The highest BCUT2D eigenvalue weighted by atomic mass is 16.2. The van der Waals surface area contributed by atoms with Crippen molar-refractivity contribution in [1.29, 1.82) is 0 Å². The Hall–Kier alpha value is -2.14. The summed E-state index contributed by atoms with van der Waals surface area (Å²) in [5, 5.41) is 0. The van der Waals surface area contributed by atoms with Crippen LogP contribution in [0.3, 0.4) is 0 Å². The van der Waals surface area contributed by atoms with Crippen molar-refractivity contribution in [2.75, 3.05) is 33.2 Å². The van der Waals surface area contributed by atoms with Crippen molar-refractivity contribution in [3.63, 3.8) is 0 Å². The van der Waals surface area contributed by atoms with Crippen LogP contribution in [0.5, 0.6) is 0 Å². The standard InChI is InChI=1S/C21H29N3O2/c1-17(2)16-24-20(26)22(3)19(25)21(24)11-14-23(15-12-21)13-7-10-18-8-5-4-6-9-18/h4-10,17H,11-16H2,1-3H3/b10-7+. The quantitative estimate of drug-likeness (QED) is 0.763. The first-order valence-corrected chi connectivity index (χ1v) is 9.48. The highest BCUT2D eigenvalue weighted by Gasteiger charge is 2.56. The third-order valence-corrected chi connectivity index (χ3v) is 5.44. The van der Waals surface area contributed by atoms with Gasteiger partial charge in [0.25, 0.3) is 5.91 Å². The third-order valence-electron chi connectivity index (χ3n) is 5.44. The van der Waals surface area contributed by atoms with Crippen LogP contribution in [0, 0.1) is 5.92 Å². The van der Waals surface area contributed by atoms with E-state index < -0.39 is 5.54 Å². The molecule has 0 unspecified atom stereocenters. The fourth-order valence-electron chi connectivity index (χ4n) is 3.99. The second-order valence-corrected chi connectivity index (χ2v) is 7.80. The molecule has 2 saturated heterocycles. The number of carbonyl (C=O) groups excluding carboxylic acids is 2. The van der Waals surface area contributed by atoms with Crippen LogP contribution in [0.4, 0.5) is 4.79 Å². The zero-order valence-electron chi connectivity index (χ0n) is 16.0. The molecule has 2 aliphatic rings. The van der Waals surface area contributed by atoms with Crippen LogP contribution >= 0.6 is 0 Å². The number of hydrogen-bond donors (Lipinski definition) is 0. The van der Waals surface area contributed by atoms with E-state index in [1.165, 1.54) is 10.5 Å². The molecular formula is C21H29N3O2. The van der Waals surface area contributed by atoms with Crippen LogP contribution < -0.4 is 0 Å². The Kier molecular flexibility index (Phi) is 5.47. The molecule has 2 heterocycles. The summed E-state index contributed by atoms with van der Waals surface area (Å²) in [6, 6.07) is 10.1. The van der Waals surface area contributed by atoms with E-state index in [9.17, 15) is 9.59 Å². The summed E-state index contributed by atoms with van der Waals surface area (Å²) in [5.41, 5.74) is 0.567. The number of rotatable bonds is 5. The van der Waals surface area contributed by atoms with Gasteiger partial charge in [0.2, 0.25) is 0 Å². The molecule has 5 heteroatoms. The number of urea groups is 1. The molecular weight excluding hydrogens is 326 g/mol. The van der Waals surface area contributed by atoms with Gasteiger partial charge in [-0.2, -0.15) is 0 Å². The molecule has 3 rings (SSSR count). The lowest BCUT2D eigenvalue weighted by Crippen LogP contribution is -2.57. The molecule has 26 heavy (non-hydrogen) atoms. The van der Waals surface area contributed by atoms with Gasteiger partial charge in [-0.1, -0.05) is 56.3 Å². The van der Waals surface area contributed by atoms with Crippen LogP contribution in [-0.4, -0.2) is 65.4 Å². The molecule has 3 amide bonds. The van der Waals surface area contributed by atoms with E-state index >= 15 is 0 Å². The molecule has 5 nitrogen and oxygen atoms in total. The maximum Gasteiger partial charge on any atom is 0.327 e. The molecule has 1 aromatic carbocycles. The number of likely N-dealkylation sites (N-methyl/N-ethyl adjacent to an activating group) is 1. The van der Waals surface area contributed by atoms with Crippen LogP contribution in [0.25, 0.3) is 6.08 Å². The van der Waals surface area contributed by atoms with Gasteiger partial charge in [-0.15, -0.1) is 0 Å². The Morgan fingerprint density at radius 1 is 1.12 bits per heavy atom. The van der Waals surface area contributed by atoms with Crippen molar-refractivity contribution in [2.24, 2.45) is 5.92 Å². The number of benzene rings is 1. The van der Waals surface area contributed by atoms with Gasteiger partial charge in [-0.05, 0) is 24.3 Å². The molecule has 0 aromatic heterocycles. The normalized spacial score (nSPS) is 20.9. The minimum absolute atomic E-state index is 0.0253. The van der Waals surface area contributed by atoms with Gasteiger partial charge in [0.1, 0.15) is 5.54 Å². The Morgan fingerprint density at radius 3 is 2.38 bits per heavy atom. The summed E-state index contributed by atoms with van der Waals surface area (Å²) in [6.07, 6.45) is 5.74. The highest BCUT2D eigenvalue weighted by Crippen LogP contribution is 2.37. The van der Waals surface area contributed by atoms with Gasteiger partial charge in [0.15, 0.2) is 0 Å². The smallest absolute Gasteiger partial charge is 0.309 e. The zero-order valence-corrected chi connectivity index (χ0v) is 16.0. The fraction of sp³-hybridized carbons (Fsp3) is 0.524. The monoisotopic (exact) mass is 355 g/mol. The van der Waals surface area contributed by atoms with Gasteiger partial charge in [-0.25, -0.2) is 4.79 Å². The van der Waals surface area contributed by atoms with Crippen molar-refractivity contribution >= 4 is 18.0 Å². The van der Waals surface area contributed by atoms with E-state index in [1.54, 1.807) is 7.05 Å². The molecule has 2 fully saturated rings. The molecule has 1 spiro atoms. The lowest BCUT2D eigenvalue weighted by molar-refractivity contribution is -0.134. The number of amides is 3. The number of nitrogens with zero attached hydrogens (tertiary/aromatic N) is 3. The minimum atomic E-state index is -0.629. The predicted molar refractivity (Wildman–Crippen MR) is 104 cm³/mol. The van der Waals surface area contributed by atoms with E-state index in [-0.39, 0.29) is 11.9 Å². The molecule has 140 valence electrons. The Morgan fingerprint density at radius 2 is 1.77 bits per heavy atom. The third kappa shape index (κ3) is 3.54. The van der Waals surface area contributed by atoms with Gasteiger partial charge < -0.3 is 4.90 Å². The van der Waals surface area contributed by atoms with E-state index in [2.05, 4.69) is 43.0 Å². The second kappa shape index (κ2) is 7.62. The predicted octanol–water partition coefficient (Wildman–Crippen LogP) is 3.08. The van der Waals surface area contributed by atoms with Crippen LogP contribution in [-0.2, 0) is 4.79 Å². The zero-order chi connectivity index (χ0) is 18.7. The average Bonchev–Trinajstić information content (AvgIpc) is 2.80. The first kappa shape index (κ1) is 18.6. The van der Waals surface area contributed by atoms with E-state index in [0.29, 0.717) is 25.3 Å². The minimum Gasteiger partial charge on any atom is -0.309 e. The summed E-state index contributed by atoms with van der Waals surface area (Å²) in [6.45, 7) is 7.36. The summed E-state index contributed by atoms with van der Waals surface area (Å²) in [7, 11) is 1.61. The summed E-state index contributed by atoms with van der Waals surface area (Å²) in [5.74, 6) is 0.324. The Balaban J connectivity index is 1.63. The highest BCUT2D eigenvalue weighted by molar-refractivity contribution is 6.06. The molecule has 0 saturated carbocycles. The topological polar surface area (TPSA) is 43.9 Å². The van der Waals surface area contributed by atoms with E-state index in [4.69, 9.17) is 0 Å². The molecule has 0 radical (unpaired) electrons. The van der Waals surface area contributed by atoms with Crippen LogP contribution in [0.1, 0.15) is 32.3 Å². The molecule has 2 aliphatic heterocycles. The lowest BCUT2D eigenvalue weighted by Gasteiger charge is -2.42. The van der Waals surface area contributed by atoms with Gasteiger partial charge >= 0.3 is 6.03 Å². The second-order valence-electron chi connectivity index (χ2n) is 7.80. The van der Waals surface area contributed by atoms with E-state index in [1.807, 2.05) is 23.1 Å². The number of hydrogen-bond acceptors (Lipinski definition) is 3. The van der Waals surface area contributed by atoms with Crippen molar-refractivity contribution in [2.45, 2.75) is 32.2 Å². The van der Waals surface area contributed by atoms with Crippen molar-refractivity contribution < 1.29 is 9.59 Å². The van der Waals surface area contributed by atoms with Gasteiger partial charge in [-0.3, -0.25) is 14.6 Å². The Bertz CT molecular complexity index is 676. The molecule has 0 N–H and O–H groups in total. The molecule has 1 aromatic rings. The van der Waals surface area contributed by atoms with Crippen molar-refractivity contribution in [1.82, 2.24) is 14.7 Å². The lowest BCUT2D eigenvalue weighted by atomic mass is 9.85. The first-order valence-electron chi connectivity index (χ1n) is 9.48. The Labute approximate surface area is 156 Å². The largest absolute Gasteiger partial charge is 0.327 e. The summed E-state index contributed by atoms with van der Waals surface area (Å²) < 4.78 is 0. The van der Waals surface area contributed by atoms with Gasteiger partial charge in [0, 0.05) is 33.2 Å². The van der Waals surface area contributed by atoms with Crippen LogP contribution in [0.2, 0.25) is 0 Å². The number of piperidine rings is 1. The maximum atomic E-state index is 12.8. The average molecular weight is 355 g/mol. The van der Waals surface area contributed by atoms with Crippen molar-refractivity contribution in [3.8, 4) is 0 Å². The fourth-order valence-corrected chi connectivity index (χ4v) is 3.99. The summed E-state index contributed by atoms with van der Waals surface area (Å²) in [4.78, 5) is 30.9. The van der Waals surface area contributed by atoms with Crippen molar-refractivity contribution in [3.05, 3.63) is 42.0 Å². The SMILES string of the molecule is CC(C)CN1C(=O)N(C)C(=O)C12CCN(C/C=C/c1ccccc1)CC2. The molecule has 0 atom stereocenters. The first-order chi connectivity index (χ1) is 12.4. The molecule has 0 aliphatic carbocycles. The van der Waals surface area contributed by atoms with Crippen LogP contribution in [0.15, 0.2) is 36.4 Å². The number of imide groups is 1. The number of likely N-dealkylation sites (tertiary alicyclic amines) is 1. The van der Waals surface area contributed by atoms with Gasteiger partial charge in [0.05, 0.1) is 0 Å².